The number of primary amides is 1. The number of nitrogens with two attached hydrogens (primary N) is 2. The number of benzene rings is 1. The Morgan fingerprint density at radius 3 is 2.38 bits per heavy atom. The normalized spacial score (nSPS) is 11.9. The number of carbonyl (C=O) groups excluding carboxylic acids is 2. The second kappa shape index (κ2) is 9.36. The number of rotatable bonds is 8. The largest absolute Gasteiger partial charge is 0.383 e. The van der Waals surface area contributed by atoms with Gasteiger partial charge >= 0.3 is 0 Å². The monoisotopic (exact) mass is 473 g/mol. The van der Waals surface area contributed by atoms with Gasteiger partial charge in [-0.15, -0.1) is 0 Å². The van der Waals surface area contributed by atoms with Crippen LogP contribution in [0.1, 0.15) is 68.0 Å². The molecular weight excluding hydrogens is 444 g/mol. The Bertz CT molecular complexity index is 1240. The van der Waals surface area contributed by atoms with E-state index in [9.17, 15) is 18.4 Å². The second-order valence-electron chi connectivity index (χ2n) is 9.85. The van der Waals surface area contributed by atoms with E-state index in [1.54, 1.807) is 19.9 Å². The minimum Gasteiger partial charge on any atom is -0.383 e. The van der Waals surface area contributed by atoms with Crippen molar-refractivity contribution in [2.45, 2.75) is 59.9 Å². The van der Waals surface area contributed by atoms with E-state index in [4.69, 9.17) is 16.0 Å². The van der Waals surface area contributed by atoms with Crippen LogP contribution in [0.15, 0.2) is 22.7 Å². The van der Waals surface area contributed by atoms with E-state index in [2.05, 4.69) is 31.0 Å². The number of anilines is 1. The Morgan fingerprint density at radius 1 is 1.12 bits per heavy atom. The molecule has 182 valence electrons. The Morgan fingerprint density at radius 2 is 1.79 bits per heavy atom. The van der Waals surface area contributed by atoms with Crippen LogP contribution in [0.4, 0.5) is 14.6 Å². The smallest absolute Gasteiger partial charge is 0.254 e. The van der Waals surface area contributed by atoms with Crippen LogP contribution in [0.2, 0.25) is 0 Å². The van der Waals surface area contributed by atoms with Crippen LogP contribution >= 0.6 is 0 Å². The fraction of sp³-hybridized carbons (Fsp3) is 0.417. The second-order valence-corrected chi connectivity index (χ2v) is 9.85. The first kappa shape index (κ1) is 25.1. The molecule has 8 nitrogen and oxygen atoms in total. The molecule has 0 fully saturated rings. The van der Waals surface area contributed by atoms with Crippen molar-refractivity contribution in [2.75, 3.05) is 5.73 Å². The van der Waals surface area contributed by atoms with E-state index >= 15 is 0 Å². The summed E-state index contributed by atoms with van der Waals surface area (Å²) in [4.78, 5) is 24.4. The molecule has 2 aromatic heterocycles. The van der Waals surface area contributed by atoms with Crippen molar-refractivity contribution in [3.8, 4) is 11.3 Å². The van der Waals surface area contributed by atoms with Gasteiger partial charge in [-0.25, -0.2) is 13.5 Å². The summed E-state index contributed by atoms with van der Waals surface area (Å²) in [6, 6.07) is 3.27. The number of nitrogens with zero attached hydrogens (tertiary/aromatic N) is 3. The molecular formula is C24H29F2N5O3. The molecule has 34 heavy (non-hydrogen) atoms. The van der Waals surface area contributed by atoms with Crippen LogP contribution in [-0.4, -0.2) is 26.6 Å². The van der Waals surface area contributed by atoms with Gasteiger partial charge in [-0.05, 0) is 43.4 Å². The van der Waals surface area contributed by atoms with Gasteiger partial charge < -0.3 is 16.0 Å². The lowest BCUT2D eigenvalue weighted by molar-refractivity contribution is -0.118. The zero-order chi connectivity index (χ0) is 25.4. The van der Waals surface area contributed by atoms with Crippen LogP contribution in [0.5, 0.6) is 0 Å². The first-order valence-electron chi connectivity index (χ1n) is 10.9. The third kappa shape index (κ3) is 5.49. The van der Waals surface area contributed by atoms with E-state index in [0.29, 0.717) is 12.2 Å². The summed E-state index contributed by atoms with van der Waals surface area (Å²) < 4.78 is 36.4. The molecule has 3 rings (SSSR count). The van der Waals surface area contributed by atoms with Gasteiger partial charge in [-0.3, -0.25) is 9.59 Å². The minimum absolute atomic E-state index is 0.00456. The van der Waals surface area contributed by atoms with Gasteiger partial charge in [0.25, 0.3) is 5.91 Å². The predicted molar refractivity (Wildman–Crippen MR) is 123 cm³/mol. The number of amides is 1. The molecule has 0 radical (unpaired) electrons. The number of hydrogen-bond acceptors (Lipinski definition) is 6. The molecule has 1 amide bonds. The van der Waals surface area contributed by atoms with Gasteiger partial charge in [-0.2, -0.15) is 5.10 Å². The highest BCUT2D eigenvalue weighted by atomic mass is 19.1. The molecule has 2 heterocycles. The molecule has 0 atom stereocenters. The number of Topliss-reactive ketones (excluding diaryl/α,β-unsaturated/α-hetero) is 1. The number of nitrogen functional groups attached to an aromatic ring is 1. The van der Waals surface area contributed by atoms with Crippen molar-refractivity contribution in [3.63, 3.8) is 0 Å². The summed E-state index contributed by atoms with van der Waals surface area (Å²) in [5, 5.41) is 8.14. The maximum Gasteiger partial charge on any atom is 0.254 e. The summed E-state index contributed by atoms with van der Waals surface area (Å²) in [6.45, 7) is 9.71. The number of hydrogen-bond donors (Lipinski definition) is 2. The molecule has 0 spiro atoms. The molecule has 0 saturated heterocycles. The summed E-state index contributed by atoms with van der Waals surface area (Å²) in [5.74, 6) is -2.61. The highest BCUT2D eigenvalue weighted by Gasteiger charge is 2.26. The van der Waals surface area contributed by atoms with Gasteiger partial charge in [0.15, 0.2) is 0 Å². The molecule has 4 N–H and O–H groups in total. The topological polar surface area (TPSA) is 130 Å². The summed E-state index contributed by atoms with van der Waals surface area (Å²) in [6.07, 6.45) is 0.237. The molecule has 1 aromatic carbocycles. The number of halogens is 2. The number of aromatic nitrogens is 3. The standard InChI is InChI=1S/C24H29F2N5O3/c1-12(2)31-22(27)20(23(28)33)21(29-31)17-10-18(25)13(7-19(17)26)6-15(32)9-16-8-14(30-34-16)11-24(3,4)5/h7-8,10,12H,6,9,11,27H2,1-5H3,(H2,28,33). The van der Waals surface area contributed by atoms with E-state index < -0.39 is 17.5 Å². The summed E-state index contributed by atoms with van der Waals surface area (Å²) >= 11 is 0. The molecule has 10 heteroatoms. The van der Waals surface area contributed by atoms with Crippen molar-refractivity contribution in [2.24, 2.45) is 11.1 Å². The van der Waals surface area contributed by atoms with Crippen molar-refractivity contribution in [1.29, 1.82) is 0 Å². The van der Waals surface area contributed by atoms with E-state index in [1.165, 1.54) is 4.68 Å². The average Bonchev–Trinajstić information content (AvgIpc) is 3.26. The molecule has 0 unspecified atom stereocenters. The van der Waals surface area contributed by atoms with E-state index in [1.807, 2.05) is 0 Å². The SMILES string of the molecule is CC(C)n1nc(-c2cc(F)c(CC(=O)Cc3cc(CC(C)(C)C)no3)cc2F)c(C(N)=O)c1N. The molecule has 0 aliphatic rings. The van der Waals surface area contributed by atoms with E-state index in [0.717, 1.165) is 17.8 Å². The Hall–Kier alpha value is -3.56. The maximum absolute atomic E-state index is 15.0. The Labute approximate surface area is 196 Å². The van der Waals surface area contributed by atoms with Crippen molar-refractivity contribution in [1.82, 2.24) is 14.9 Å². The molecule has 0 aliphatic carbocycles. The Balaban J connectivity index is 1.84. The predicted octanol–water partition coefficient (Wildman–Crippen LogP) is 4.02. The Kier molecular flexibility index (Phi) is 6.90. The zero-order valence-electron chi connectivity index (χ0n) is 19.9. The molecule has 0 bridgehead atoms. The third-order valence-corrected chi connectivity index (χ3v) is 5.15. The van der Waals surface area contributed by atoms with E-state index in [-0.39, 0.29) is 58.3 Å². The summed E-state index contributed by atoms with van der Waals surface area (Å²) in [5.41, 5.74) is 11.4. The highest BCUT2D eigenvalue weighted by molar-refractivity contribution is 6.03. The van der Waals surface area contributed by atoms with Gasteiger partial charge in [0, 0.05) is 24.1 Å². The fourth-order valence-electron chi connectivity index (χ4n) is 3.71. The lowest BCUT2D eigenvalue weighted by Crippen LogP contribution is -2.15. The zero-order valence-corrected chi connectivity index (χ0v) is 19.9. The average molecular weight is 474 g/mol. The van der Waals surface area contributed by atoms with Gasteiger partial charge in [0.1, 0.15) is 40.3 Å². The van der Waals surface area contributed by atoms with Gasteiger partial charge in [-0.1, -0.05) is 25.9 Å². The third-order valence-electron chi connectivity index (χ3n) is 5.15. The molecule has 0 saturated carbocycles. The minimum atomic E-state index is -0.906. The van der Waals surface area contributed by atoms with Crippen LogP contribution < -0.4 is 11.5 Å². The summed E-state index contributed by atoms with van der Waals surface area (Å²) in [7, 11) is 0. The lowest BCUT2D eigenvalue weighted by Gasteiger charge is -2.14. The lowest BCUT2D eigenvalue weighted by atomic mass is 9.90. The molecule has 3 aromatic rings. The fourth-order valence-corrected chi connectivity index (χ4v) is 3.71. The van der Waals surface area contributed by atoms with Crippen LogP contribution in [0.25, 0.3) is 11.3 Å². The van der Waals surface area contributed by atoms with Crippen molar-refractivity contribution in [3.05, 3.63) is 52.4 Å². The number of carbonyl (C=O) groups is 2. The maximum atomic E-state index is 15.0. The van der Waals surface area contributed by atoms with Crippen LogP contribution in [0.3, 0.4) is 0 Å². The number of ketones is 1. The first-order chi connectivity index (χ1) is 15.8. The van der Waals surface area contributed by atoms with Crippen molar-refractivity contribution >= 4 is 17.5 Å². The van der Waals surface area contributed by atoms with Gasteiger partial charge in [0.2, 0.25) is 0 Å². The van der Waals surface area contributed by atoms with Crippen LogP contribution in [-0.2, 0) is 24.1 Å². The highest BCUT2D eigenvalue weighted by Crippen LogP contribution is 2.32. The van der Waals surface area contributed by atoms with Crippen molar-refractivity contribution < 1.29 is 22.9 Å². The van der Waals surface area contributed by atoms with Gasteiger partial charge in [0.05, 0.1) is 12.1 Å². The first-order valence-corrected chi connectivity index (χ1v) is 10.9. The molecule has 0 aliphatic heterocycles. The van der Waals surface area contributed by atoms with Crippen LogP contribution in [0, 0.1) is 17.0 Å². The quantitative estimate of drug-likeness (QED) is 0.508.